The van der Waals surface area contributed by atoms with Crippen molar-refractivity contribution < 1.29 is 9.18 Å². The molecule has 0 spiro atoms. The number of thiol groups is 1. The van der Waals surface area contributed by atoms with Gasteiger partial charge in [-0.3, -0.25) is 4.79 Å². The van der Waals surface area contributed by atoms with Crippen molar-refractivity contribution in [1.29, 1.82) is 0 Å². The molecule has 1 aliphatic carbocycles. The van der Waals surface area contributed by atoms with Gasteiger partial charge in [0.05, 0.1) is 0 Å². The van der Waals surface area contributed by atoms with Crippen LogP contribution in [0.25, 0.3) is 0 Å². The van der Waals surface area contributed by atoms with E-state index >= 15 is 0 Å². The van der Waals surface area contributed by atoms with Crippen LogP contribution in [-0.2, 0) is 0 Å². The zero-order valence-corrected chi connectivity index (χ0v) is 12.6. The Morgan fingerprint density at radius 1 is 1.42 bits per heavy atom. The minimum atomic E-state index is -0.403. The third kappa shape index (κ3) is 3.66. The first-order valence-electron chi connectivity index (χ1n) is 6.44. The molecule has 1 amide bonds. The van der Waals surface area contributed by atoms with Crippen LogP contribution in [0, 0.1) is 5.82 Å². The van der Waals surface area contributed by atoms with E-state index in [1.807, 2.05) is 0 Å². The van der Waals surface area contributed by atoms with Crippen molar-refractivity contribution in [3.8, 4) is 0 Å². The summed E-state index contributed by atoms with van der Waals surface area (Å²) in [7, 11) is 0. The maximum atomic E-state index is 13.1. The van der Waals surface area contributed by atoms with E-state index in [1.54, 1.807) is 11.8 Å². The van der Waals surface area contributed by atoms with Crippen LogP contribution < -0.4 is 5.32 Å². The molecule has 104 valence electrons. The van der Waals surface area contributed by atoms with Crippen molar-refractivity contribution in [3.63, 3.8) is 0 Å². The van der Waals surface area contributed by atoms with Crippen molar-refractivity contribution in [3.05, 3.63) is 29.6 Å². The van der Waals surface area contributed by atoms with Gasteiger partial charge >= 0.3 is 0 Å². The Morgan fingerprint density at radius 2 is 2.16 bits per heavy atom. The van der Waals surface area contributed by atoms with E-state index in [4.69, 9.17) is 0 Å². The second-order valence-electron chi connectivity index (χ2n) is 4.80. The lowest BCUT2D eigenvalue weighted by Crippen LogP contribution is -2.43. The Morgan fingerprint density at radius 3 is 2.84 bits per heavy atom. The van der Waals surface area contributed by atoms with E-state index < -0.39 is 5.82 Å². The molecule has 1 aromatic rings. The summed E-state index contributed by atoms with van der Waals surface area (Å²) in [6.45, 7) is 0. The topological polar surface area (TPSA) is 29.1 Å². The highest BCUT2D eigenvalue weighted by atomic mass is 32.2. The van der Waals surface area contributed by atoms with E-state index in [9.17, 15) is 9.18 Å². The van der Waals surface area contributed by atoms with Gasteiger partial charge in [-0.15, -0.1) is 12.6 Å². The Kier molecular flexibility index (Phi) is 5.16. The second-order valence-corrected chi connectivity index (χ2v) is 6.36. The minimum absolute atomic E-state index is 0.138. The standard InChI is InChI=1S/C14H18FNOS2/c1-19-13-5-3-2-4-11(13)16-14(17)9-6-7-10(15)12(18)8-9/h6-8,11,13,18H,2-5H2,1H3,(H,16,17). The summed E-state index contributed by atoms with van der Waals surface area (Å²) < 4.78 is 13.1. The van der Waals surface area contributed by atoms with E-state index in [0.717, 1.165) is 19.3 Å². The number of carbonyl (C=O) groups excluding carboxylic acids is 1. The van der Waals surface area contributed by atoms with Gasteiger partial charge in [0.15, 0.2) is 0 Å². The molecule has 0 aromatic heterocycles. The molecule has 1 saturated carbocycles. The highest BCUT2D eigenvalue weighted by Gasteiger charge is 2.26. The fourth-order valence-corrected chi connectivity index (χ4v) is 3.60. The third-order valence-electron chi connectivity index (χ3n) is 3.53. The molecule has 0 heterocycles. The number of amides is 1. The molecule has 1 fully saturated rings. The average molecular weight is 299 g/mol. The van der Waals surface area contributed by atoms with Gasteiger partial charge in [0, 0.05) is 21.8 Å². The van der Waals surface area contributed by atoms with Crippen molar-refractivity contribution in [1.82, 2.24) is 5.32 Å². The largest absolute Gasteiger partial charge is 0.348 e. The molecule has 0 saturated heterocycles. The maximum absolute atomic E-state index is 13.1. The summed E-state index contributed by atoms with van der Waals surface area (Å²) in [6, 6.07) is 4.47. The summed E-state index contributed by atoms with van der Waals surface area (Å²) in [5, 5.41) is 3.55. The van der Waals surface area contributed by atoms with Gasteiger partial charge in [0.2, 0.25) is 0 Å². The lowest BCUT2D eigenvalue weighted by molar-refractivity contribution is 0.0929. The number of benzene rings is 1. The van der Waals surface area contributed by atoms with Crippen LogP contribution in [0.1, 0.15) is 36.0 Å². The zero-order chi connectivity index (χ0) is 13.8. The molecule has 0 radical (unpaired) electrons. The fourth-order valence-electron chi connectivity index (χ4n) is 2.45. The Bertz CT molecular complexity index is 467. The molecule has 1 aliphatic rings. The summed E-state index contributed by atoms with van der Waals surface area (Å²) in [5.41, 5.74) is 0.469. The van der Waals surface area contributed by atoms with Crippen LogP contribution in [-0.4, -0.2) is 23.5 Å². The van der Waals surface area contributed by atoms with Gasteiger partial charge in [-0.2, -0.15) is 11.8 Å². The highest BCUT2D eigenvalue weighted by molar-refractivity contribution is 7.99. The fraction of sp³-hybridized carbons (Fsp3) is 0.500. The SMILES string of the molecule is CSC1CCCCC1NC(=O)c1ccc(F)c(S)c1. The van der Waals surface area contributed by atoms with E-state index in [0.29, 0.717) is 10.8 Å². The maximum Gasteiger partial charge on any atom is 0.251 e. The predicted molar refractivity (Wildman–Crippen MR) is 80.7 cm³/mol. The van der Waals surface area contributed by atoms with Crippen LogP contribution in [0.2, 0.25) is 0 Å². The average Bonchev–Trinajstić information content (AvgIpc) is 2.42. The van der Waals surface area contributed by atoms with Crippen LogP contribution in [0.5, 0.6) is 0 Å². The molecule has 5 heteroatoms. The van der Waals surface area contributed by atoms with E-state index in [1.165, 1.54) is 24.6 Å². The lowest BCUT2D eigenvalue weighted by atomic mass is 9.94. The van der Waals surface area contributed by atoms with E-state index in [-0.39, 0.29) is 16.8 Å². The van der Waals surface area contributed by atoms with Crippen LogP contribution in [0.3, 0.4) is 0 Å². The number of nitrogens with one attached hydrogen (secondary N) is 1. The third-order valence-corrected chi connectivity index (χ3v) is 5.04. The first-order chi connectivity index (χ1) is 9.11. The molecule has 19 heavy (non-hydrogen) atoms. The number of hydrogen-bond donors (Lipinski definition) is 2. The van der Waals surface area contributed by atoms with Gasteiger partial charge in [-0.1, -0.05) is 12.8 Å². The molecule has 1 N–H and O–H groups in total. The summed E-state index contributed by atoms with van der Waals surface area (Å²) >= 11 is 5.81. The summed E-state index contributed by atoms with van der Waals surface area (Å²) in [5.74, 6) is -0.541. The molecule has 2 unspecified atom stereocenters. The number of rotatable bonds is 3. The molecule has 2 nitrogen and oxygen atoms in total. The van der Waals surface area contributed by atoms with Gasteiger partial charge in [0.1, 0.15) is 5.82 Å². The monoisotopic (exact) mass is 299 g/mol. The van der Waals surface area contributed by atoms with Gasteiger partial charge < -0.3 is 5.32 Å². The minimum Gasteiger partial charge on any atom is -0.348 e. The Labute approximate surface area is 123 Å². The van der Waals surface area contributed by atoms with Crippen molar-refractivity contribution in [2.24, 2.45) is 0 Å². The normalized spacial score (nSPS) is 23.1. The Balaban J connectivity index is 2.05. The van der Waals surface area contributed by atoms with Crippen molar-refractivity contribution >= 4 is 30.3 Å². The van der Waals surface area contributed by atoms with Gasteiger partial charge in [-0.25, -0.2) is 4.39 Å². The summed E-state index contributed by atoms with van der Waals surface area (Å²) in [6.07, 6.45) is 6.64. The van der Waals surface area contributed by atoms with Crippen LogP contribution in [0.4, 0.5) is 4.39 Å². The zero-order valence-electron chi connectivity index (χ0n) is 10.9. The molecule has 1 aromatic carbocycles. The van der Waals surface area contributed by atoms with Gasteiger partial charge in [0.25, 0.3) is 5.91 Å². The van der Waals surface area contributed by atoms with Crippen molar-refractivity contribution in [2.45, 2.75) is 41.9 Å². The lowest BCUT2D eigenvalue weighted by Gasteiger charge is -2.31. The number of carbonyl (C=O) groups is 1. The first-order valence-corrected chi connectivity index (χ1v) is 8.17. The van der Waals surface area contributed by atoms with Crippen LogP contribution in [0.15, 0.2) is 23.1 Å². The highest BCUT2D eigenvalue weighted by Crippen LogP contribution is 2.27. The molecular formula is C14H18FNOS2. The smallest absolute Gasteiger partial charge is 0.251 e. The first kappa shape index (κ1) is 14.7. The number of thioether (sulfide) groups is 1. The van der Waals surface area contributed by atoms with Crippen LogP contribution >= 0.6 is 24.4 Å². The van der Waals surface area contributed by atoms with Crippen molar-refractivity contribution in [2.75, 3.05) is 6.26 Å². The molecule has 0 bridgehead atoms. The Hall–Kier alpha value is -0.680. The molecule has 0 aliphatic heterocycles. The van der Waals surface area contributed by atoms with Gasteiger partial charge in [-0.05, 0) is 37.3 Å². The summed E-state index contributed by atoms with van der Waals surface area (Å²) in [4.78, 5) is 12.4. The molecule has 2 atom stereocenters. The molecule has 2 rings (SSSR count). The predicted octanol–water partition coefficient (Wildman–Crippen LogP) is 3.52. The second kappa shape index (κ2) is 6.66. The number of halogens is 1. The quantitative estimate of drug-likeness (QED) is 0.836. The molecular weight excluding hydrogens is 281 g/mol. The number of hydrogen-bond acceptors (Lipinski definition) is 3. The van der Waals surface area contributed by atoms with E-state index in [2.05, 4.69) is 24.2 Å².